The lowest BCUT2D eigenvalue weighted by Gasteiger charge is -2.08. The summed E-state index contributed by atoms with van der Waals surface area (Å²) in [5.74, 6) is -0.836. The van der Waals surface area contributed by atoms with Gasteiger partial charge in [0.2, 0.25) is 0 Å². The van der Waals surface area contributed by atoms with Crippen molar-refractivity contribution in [1.82, 2.24) is 0 Å². The second-order valence-corrected chi connectivity index (χ2v) is 4.29. The van der Waals surface area contributed by atoms with Gasteiger partial charge in [0.1, 0.15) is 6.04 Å². The maximum absolute atomic E-state index is 11.4. The van der Waals surface area contributed by atoms with Gasteiger partial charge in [-0.3, -0.25) is 4.79 Å². The van der Waals surface area contributed by atoms with Crippen LogP contribution in [0.2, 0.25) is 0 Å². The smallest absolute Gasteiger partial charge is 0.330 e. The van der Waals surface area contributed by atoms with E-state index in [2.05, 4.69) is 0 Å². The Morgan fingerprint density at radius 2 is 1.68 bits per heavy atom. The Hall–Kier alpha value is -1.36. The predicted octanol–water partition coefficient (Wildman–Crippen LogP) is 1.95. The molecule has 0 aromatic carbocycles. The van der Waals surface area contributed by atoms with Crippen LogP contribution in [0.5, 0.6) is 0 Å². The van der Waals surface area contributed by atoms with Crippen molar-refractivity contribution in [2.24, 2.45) is 5.73 Å². The first-order valence-electron chi connectivity index (χ1n) is 6.87. The normalized spacial score (nSPS) is 12.4. The van der Waals surface area contributed by atoms with Gasteiger partial charge in [0.05, 0.1) is 13.2 Å². The Balaban J connectivity index is 3.78. The summed E-state index contributed by atoms with van der Waals surface area (Å²) in [7, 11) is 0. The quantitative estimate of drug-likeness (QED) is 0.373. The van der Waals surface area contributed by atoms with E-state index in [1.165, 1.54) is 6.08 Å². The summed E-state index contributed by atoms with van der Waals surface area (Å²) in [6, 6.07) is -0.725. The molecule has 0 amide bonds. The van der Waals surface area contributed by atoms with E-state index in [1.54, 1.807) is 6.08 Å². The molecule has 0 aliphatic heterocycles. The van der Waals surface area contributed by atoms with E-state index in [1.807, 2.05) is 13.8 Å². The van der Waals surface area contributed by atoms with Gasteiger partial charge in [0.25, 0.3) is 0 Å². The van der Waals surface area contributed by atoms with E-state index in [4.69, 9.17) is 15.2 Å². The van der Waals surface area contributed by atoms with E-state index in [0.717, 1.165) is 25.7 Å². The van der Waals surface area contributed by atoms with Crippen LogP contribution >= 0.6 is 0 Å². The molecular weight excluding hydrogens is 246 g/mol. The monoisotopic (exact) mass is 271 g/mol. The number of ether oxygens (including phenoxy) is 2. The molecule has 0 radical (unpaired) electrons. The van der Waals surface area contributed by atoms with E-state index >= 15 is 0 Å². The van der Waals surface area contributed by atoms with Crippen molar-refractivity contribution in [3.8, 4) is 0 Å². The maximum atomic E-state index is 11.4. The van der Waals surface area contributed by atoms with Gasteiger partial charge in [-0.2, -0.15) is 0 Å². The molecule has 1 unspecified atom stereocenters. The van der Waals surface area contributed by atoms with Crippen molar-refractivity contribution in [3.63, 3.8) is 0 Å². The van der Waals surface area contributed by atoms with Crippen LogP contribution < -0.4 is 5.73 Å². The molecule has 5 nitrogen and oxygen atoms in total. The lowest BCUT2D eigenvalue weighted by atomic mass is 10.2. The Kier molecular flexibility index (Phi) is 10.9. The fourth-order valence-electron chi connectivity index (χ4n) is 1.20. The summed E-state index contributed by atoms with van der Waals surface area (Å²) in [4.78, 5) is 22.6. The SMILES string of the molecule is CCCCOC(=O)C=CCC(N)C(=O)OCCCC. The van der Waals surface area contributed by atoms with Gasteiger partial charge in [-0.25, -0.2) is 4.79 Å². The number of carbonyl (C=O) groups excluding carboxylic acids is 2. The van der Waals surface area contributed by atoms with Crippen LogP contribution in [0.1, 0.15) is 46.0 Å². The molecule has 0 aliphatic rings. The zero-order chi connectivity index (χ0) is 14.5. The van der Waals surface area contributed by atoms with Crippen LogP contribution in [0, 0.1) is 0 Å². The highest BCUT2D eigenvalue weighted by Gasteiger charge is 2.12. The molecule has 0 rings (SSSR count). The average Bonchev–Trinajstić information content (AvgIpc) is 2.39. The van der Waals surface area contributed by atoms with E-state index in [0.29, 0.717) is 13.2 Å². The Labute approximate surface area is 115 Å². The number of hydrogen-bond acceptors (Lipinski definition) is 5. The first kappa shape index (κ1) is 17.6. The molecule has 19 heavy (non-hydrogen) atoms. The van der Waals surface area contributed by atoms with Crippen molar-refractivity contribution in [1.29, 1.82) is 0 Å². The Bertz CT molecular complexity index is 289. The zero-order valence-electron chi connectivity index (χ0n) is 11.9. The first-order valence-corrected chi connectivity index (χ1v) is 6.87. The molecule has 2 N–H and O–H groups in total. The van der Waals surface area contributed by atoms with Crippen LogP contribution in [0.4, 0.5) is 0 Å². The van der Waals surface area contributed by atoms with Gasteiger partial charge >= 0.3 is 11.9 Å². The Morgan fingerprint density at radius 3 is 2.26 bits per heavy atom. The van der Waals surface area contributed by atoms with Gasteiger partial charge < -0.3 is 15.2 Å². The van der Waals surface area contributed by atoms with Gasteiger partial charge in [-0.15, -0.1) is 0 Å². The fourth-order valence-corrected chi connectivity index (χ4v) is 1.20. The molecule has 5 heteroatoms. The molecule has 0 heterocycles. The minimum absolute atomic E-state index is 0.272. The highest BCUT2D eigenvalue weighted by atomic mass is 16.5. The van der Waals surface area contributed by atoms with Crippen LogP contribution in [0.3, 0.4) is 0 Å². The van der Waals surface area contributed by atoms with E-state index in [-0.39, 0.29) is 6.42 Å². The summed E-state index contributed by atoms with van der Waals surface area (Å²) in [5, 5.41) is 0. The summed E-state index contributed by atoms with van der Waals surface area (Å²) < 4.78 is 9.89. The van der Waals surface area contributed by atoms with Crippen molar-refractivity contribution in [2.75, 3.05) is 13.2 Å². The second-order valence-electron chi connectivity index (χ2n) is 4.29. The molecule has 0 saturated carbocycles. The molecule has 0 aromatic heterocycles. The molecular formula is C14H25NO4. The van der Waals surface area contributed by atoms with Crippen molar-refractivity contribution >= 4 is 11.9 Å². The van der Waals surface area contributed by atoms with Crippen LogP contribution in [0.15, 0.2) is 12.2 Å². The van der Waals surface area contributed by atoms with Crippen LogP contribution in [-0.2, 0) is 19.1 Å². The third kappa shape index (κ3) is 10.3. The number of nitrogens with two attached hydrogens (primary N) is 1. The number of rotatable bonds is 10. The summed E-state index contributed by atoms with van der Waals surface area (Å²) in [5.41, 5.74) is 5.63. The van der Waals surface area contributed by atoms with Gasteiger partial charge in [0, 0.05) is 6.08 Å². The van der Waals surface area contributed by atoms with E-state index in [9.17, 15) is 9.59 Å². The summed E-state index contributed by atoms with van der Waals surface area (Å²) >= 11 is 0. The molecule has 0 bridgehead atoms. The lowest BCUT2D eigenvalue weighted by molar-refractivity contribution is -0.145. The van der Waals surface area contributed by atoms with Crippen LogP contribution in [0.25, 0.3) is 0 Å². The average molecular weight is 271 g/mol. The molecule has 0 spiro atoms. The zero-order valence-corrected chi connectivity index (χ0v) is 11.9. The molecule has 0 fully saturated rings. The number of carbonyl (C=O) groups is 2. The molecule has 1 atom stereocenters. The van der Waals surface area contributed by atoms with Gasteiger partial charge in [-0.05, 0) is 19.3 Å². The number of unbranched alkanes of at least 4 members (excludes halogenated alkanes) is 2. The van der Waals surface area contributed by atoms with Crippen LogP contribution in [-0.4, -0.2) is 31.2 Å². The van der Waals surface area contributed by atoms with Gasteiger partial charge in [0.15, 0.2) is 0 Å². The topological polar surface area (TPSA) is 78.6 Å². The Morgan fingerprint density at radius 1 is 1.11 bits per heavy atom. The van der Waals surface area contributed by atoms with Crippen molar-refractivity contribution in [3.05, 3.63) is 12.2 Å². The molecule has 0 aliphatic carbocycles. The minimum Gasteiger partial charge on any atom is -0.465 e. The molecule has 110 valence electrons. The minimum atomic E-state index is -0.725. The standard InChI is InChI=1S/C14H25NO4/c1-3-5-10-18-13(16)9-7-8-12(15)14(17)19-11-6-4-2/h7,9,12H,3-6,8,10-11,15H2,1-2H3. The highest BCUT2D eigenvalue weighted by Crippen LogP contribution is 1.97. The van der Waals surface area contributed by atoms with Crippen molar-refractivity contribution < 1.29 is 19.1 Å². The van der Waals surface area contributed by atoms with Gasteiger partial charge in [-0.1, -0.05) is 32.8 Å². The lowest BCUT2D eigenvalue weighted by Crippen LogP contribution is -2.31. The summed E-state index contributed by atoms with van der Waals surface area (Å²) in [6.45, 7) is 4.85. The predicted molar refractivity (Wildman–Crippen MR) is 73.5 cm³/mol. The van der Waals surface area contributed by atoms with E-state index < -0.39 is 18.0 Å². The molecule has 0 saturated heterocycles. The highest BCUT2D eigenvalue weighted by molar-refractivity contribution is 5.82. The summed E-state index contributed by atoms with van der Waals surface area (Å²) in [6.07, 6.45) is 6.74. The van der Waals surface area contributed by atoms with Crippen molar-refractivity contribution in [2.45, 2.75) is 52.0 Å². The number of hydrogen-bond donors (Lipinski definition) is 1. The number of esters is 2. The first-order chi connectivity index (χ1) is 9.11. The molecule has 0 aromatic rings. The second kappa shape index (κ2) is 11.7. The fraction of sp³-hybridized carbons (Fsp3) is 0.714. The largest absolute Gasteiger partial charge is 0.465 e. The maximum Gasteiger partial charge on any atom is 0.330 e. The third-order valence-corrected chi connectivity index (χ3v) is 2.43. The third-order valence-electron chi connectivity index (χ3n) is 2.43.